The molecule has 0 atom stereocenters. The predicted molar refractivity (Wildman–Crippen MR) is 216 cm³/mol. The number of hydrogen-bond donors (Lipinski definition) is 0. The van der Waals surface area contributed by atoms with Gasteiger partial charge in [0.1, 0.15) is 0 Å². The zero-order valence-electron chi connectivity index (χ0n) is 32.5. The second kappa shape index (κ2) is 36.2. The molecule has 0 bridgehead atoms. The van der Waals surface area contributed by atoms with Gasteiger partial charge in [-0.05, 0) is 43.5 Å². The van der Waals surface area contributed by atoms with Crippen LogP contribution < -0.4 is 0 Å². The molecule has 0 unspecified atom stereocenters. The van der Waals surface area contributed by atoms with Crippen LogP contribution in [0.2, 0.25) is 0 Å². The van der Waals surface area contributed by atoms with Crippen LogP contribution in [0.5, 0.6) is 0 Å². The second-order valence-electron chi connectivity index (χ2n) is 15.2. The Kier molecular flexibility index (Phi) is 33.9. The minimum Gasteiger partial charge on any atom is -0.303 e. The average Bonchev–Trinajstić information content (AvgIpc) is 3.10. The van der Waals surface area contributed by atoms with Crippen LogP contribution in [-0.2, 0) is 0 Å². The molecule has 0 N–H and O–H groups in total. The van der Waals surface area contributed by atoms with Gasteiger partial charge in [-0.1, -0.05) is 243 Å². The van der Waals surface area contributed by atoms with E-state index < -0.39 is 0 Å². The lowest BCUT2D eigenvalue weighted by Crippen LogP contribution is -2.27. The first-order valence-electron chi connectivity index (χ1n) is 21.7. The topological polar surface area (TPSA) is 3.24 Å². The molecule has 47 heavy (non-hydrogen) atoms. The van der Waals surface area contributed by atoms with E-state index in [9.17, 15) is 0 Å². The van der Waals surface area contributed by atoms with Crippen molar-refractivity contribution in [3.8, 4) is 0 Å². The third-order valence-corrected chi connectivity index (χ3v) is 10.6. The molecule has 1 aromatic rings. The normalized spacial score (nSPS) is 11.6. The summed E-state index contributed by atoms with van der Waals surface area (Å²) in [5, 5.41) is 0. The molecule has 0 radical (unpaired) electrons. The first-order chi connectivity index (χ1) is 23.3. The van der Waals surface area contributed by atoms with Crippen molar-refractivity contribution in [2.75, 3.05) is 19.6 Å². The lowest BCUT2D eigenvalue weighted by Gasteiger charge is -2.23. The largest absolute Gasteiger partial charge is 0.303 e. The van der Waals surface area contributed by atoms with Gasteiger partial charge in [0.25, 0.3) is 0 Å². The lowest BCUT2D eigenvalue weighted by atomic mass is 10.0. The first kappa shape index (κ1) is 43.9. The molecule has 0 spiro atoms. The van der Waals surface area contributed by atoms with Gasteiger partial charge in [0.15, 0.2) is 0 Å². The molecular weight excluding hydrogens is 567 g/mol. The van der Waals surface area contributed by atoms with Crippen molar-refractivity contribution in [2.24, 2.45) is 0 Å². The van der Waals surface area contributed by atoms with Crippen LogP contribution >= 0.6 is 0 Å². The summed E-state index contributed by atoms with van der Waals surface area (Å²) in [6.07, 6.45) is 47.3. The number of rotatable bonds is 38. The van der Waals surface area contributed by atoms with Crippen LogP contribution in [0.25, 0.3) is 5.57 Å². The Labute approximate surface area is 297 Å². The maximum atomic E-state index is 4.43. The maximum absolute atomic E-state index is 4.43. The van der Waals surface area contributed by atoms with Crippen LogP contribution in [-0.4, -0.2) is 24.5 Å². The Hall–Kier alpha value is -1.08. The SMILES string of the molecule is C=C(CCN(CCCCCCCCCCCCCCCCCC)CCCCCCCCCCCCCCCCCC)c1ccccc1. The molecule has 0 amide bonds. The zero-order valence-corrected chi connectivity index (χ0v) is 32.5. The zero-order chi connectivity index (χ0) is 33.7. The van der Waals surface area contributed by atoms with Crippen molar-refractivity contribution < 1.29 is 0 Å². The Morgan fingerprint density at radius 3 is 0.957 bits per heavy atom. The Morgan fingerprint density at radius 1 is 0.383 bits per heavy atom. The molecule has 1 nitrogen and oxygen atoms in total. The van der Waals surface area contributed by atoms with Gasteiger partial charge in [-0.25, -0.2) is 0 Å². The van der Waals surface area contributed by atoms with Gasteiger partial charge >= 0.3 is 0 Å². The summed E-state index contributed by atoms with van der Waals surface area (Å²) in [4.78, 5) is 2.77. The molecule has 0 fully saturated rings. The molecule has 0 aliphatic carbocycles. The fraction of sp³-hybridized carbons (Fsp3) is 0.826. The molecule has 0 aliphatic heterocycles. The Balaban J connectivity index is 2.08. The molecule has 0 aliphatic rings. The third-order valence-electron chi connectivity index (χ3n) is 10.6. The minimum absolute atomic E-state index is 1.10. The molecule has 274 valence electrons. The van der Waals surface area contributed by atoms with E-state index in [0.29, 0.717) is 0 Å². The van der Waals surface area contributed by atoms with Gasteiger partial charge in [0.2, 0.25) is 0 Å². The number of hydrogen-bond acceptors (Lipinski definition) is 1. The lowest BCUT2D eigenvalue weighted by molar-refractivity contribution is 0.266. The predicted octanol–water partition coefficient (Wildman–Crippen LogP) is 15.9. The summed E-state index contributed by atoms with van der Waals surface area (Å²) in [6, 6.07) is 10.8. The van der Waals surface area contributed by atoms with E-state index in [1.807, 2.05) is 0 Å². The fourth-order valence-corrected chi connectivity index (χ4v) is 7.21. The average molecular weight is 652 g/mol. The van der Waals surface area contributed by atoms with Crippen LogP contribution in [0.3, 0.4) is 0 Å². The molecule has 0 saturated carbocycles. The van der Waals surface area contributed by atoms with E-state index in [1.165, 1.54) is 236 Å². The smallest absolute Gasteiger partial charge is 0.00218 e. The fourth-order valence-electron chi connectivity index (χ4n) is 7.21. The molecule has 1 aromatic carbocycles. The van der Waals surface area contributed by atoms with Gasteiger partial charge in [-0.15, -0.1) is 0 Å². The maximum Gasteiger partial charge on any atom is 0.00218 e. The highest BCUT2D eigenvalue weighted by molar-refractivity contribution is 5.63. The van der Waals surface area contributed by atoms with E-state index in [0.717, 1.165) is 6.42 Å². The Bertz CT molecular complexity index is 703. The summed E-state index contributed by atoms with van der Waals surface area (Å²) in [6.45, 7) is 12.8. The van der Waals surface area contributed by atoms with E-state index in [2.05, 4.69) is 55.7 Å². The van der Waals surface area contributed by atoms with Crippen molar-refractivity contribution in [1.82, 2.24) is 4.90 Å². The standard InChI is InChI=1S/C46H85N/c1-4-6-8-10-12-14-16-18-20-22-24-26-28-30-32-37-42-47(44-41-45(3)46-39-35-34-36-40-46)43-38-33-31-29-27-25-23-21-19-17-15-13-11-9-7-5-2/h34-36,39-40H,3-33,37-38,41-44H2,1-2H3. The van der Waals surface area contributed by atoms with Gasteiger partial charge in [-0.2, -0.15) is 0 Å². The molecular formula is C46H85N. The molecule has 1 rings (SSSR count). The summed E-state index contributed by atoms with van der Waals surface area (Å²) < 4.78 is 0. The van der Waals surface area contributed by atoms with Gasteiger partial charge < -0.3 is 4.90 Å². The van der Waals surface area contributed by atoms with Crippen molar-refractivity contribution in [3.05, 3.63) is 42.5 Å². The number of nitrogens with zero attached hydrogens (tertiary/aromatic N) is 1. The van der Waals surface area contributed by atoms with Crippen LogP contribution in [0, 0.1) is 0 Å². The highest BCUT2D eigenvalue weighted by Gasteiger charge is 2.07. The summed E-state index contributed by atoms with van der Waals surface area (Å²) >= 11 is 0. The van der Waals surface area contributed by atoms with Crippen LogP contribution in [0.4, 0.5) is 0 Å². The molecule has 0 heterocycles. The minimum atomic E-state index is 1.10. The van der Waals surface area contributed by atoms with Gasteiger partial charge in [-0.3, -0.25) is 0 Å². The summed E-state index contributed by atoms with van der Waals surface area (Å²) in [5.41, 5.74) is 2.62. The highest BCUT2D eigenvalue weighted by Crippen LogP contribution is 2.18. The monoisotopic (exact) mass is 652 g/mol. The third kappa shape index (κ3) is 30.7. The Morgan fingerprint density at radius 2 is 0.660 bits per heavy atom. The molecule has 1 heteroatoms. The molecule has 0 saturated heterocycles. The van der Waals surface area contributed by atoms with Gasteiger partial charge in [0, 0.05) is 6.54 Å². The quantitative estimate of drug-likeness (QED) is 0.0643. The summed E-state index contributed by atoms with van der Waals surface area (Å²) in [7, 11) is 0. The van der Waals surface area contributed by atoms with E-state index in [-0.39, 0.29) is 0 Å². The first-order valence-corrected chi connectivity index (χ1v) is 21.7. The highest BCUT2D eigenvalue weighted by atomic mass is 15.1. The van der Waals surface area contributed by atoms with Gasteiger partial charge in [0.05, 0.1) is 0 Å². The van der Waals surface area contributed by atoms with E-state index in [1.54, 1.807) is 0 Å². The number of unbranched alkanes of at least 4 members (excludes halogenated alkanes) is 30. The number of benzene rings is 1. The van der Waals surface area contributed by atoms with Crippen molar-refractivity contribution in [1.29, 1.82) is 0 Å². The van der Waals surface area contributed by atoms with Crippen LogP contribution in [0.15, 0.2) is 36.9 Å². The molecule has 0 aromatic heterocycles. The second-order valence-corrected chi connectivity index (χ2v) is 15.2. The van der Waals surface area contributed by atoms with Crippen molar-refractivity contribution in [2.45, 2.75) is 226 Å². The van der Waals surface area contributed by atoms with Crippen molar-refractivity contribution >= 4 is 5.57 Å². The van der Waals surface area contributed by atoms with Crippen LogP contribution in [0.1, 0.15) is 231 Å². The van der Waals surface area contributed by atoms with Crippen molar-refractivity contribution in [3.63, 3.8) is 0 Å². The summed E-state index contributed by atoms with van der Waals surface area (Å²) in [5.74, 6) is 0. The van der Waals surface area contributed by atoms with E-state index >= 15 is 0 Å². The van der Waals surface area contributed by atoms with E-state index in [4.69, 9.17) is 0 Å².